The maximum absolute atomic E-state index is 12.1. The summed E-state index contributed by atoms with van der Waals surface area (Å²) in [5.74, 6) is 0. The Hall–Kier alpha value is 0.190. The predicted molar refractivity (Wildman–Crippen MR) is 34.8 cm³/mol. The molecular weight excluding hydrogens is 198 g/mol. The summed E-state index contributed by atoms with van der Waals surface area (Å²) >= 11 is 0. The molecule has 0 spiro atoms. The van der Waals surface area contributed by atoms with E-state index in [1.54, 1.807) is 0 Å². The molecule has 0 saturated carbocycles. The molecule has 1 aliphatic heterocycles. The highest BCUT2D eigenvalue weighted by molar-refractivity contribution is 7.86. The van der Waals surface area contributed by atoms with Crippen molar-refractivity contribution in [3.8, 4) is 0 Å². The van der Waals surface area contributed by atoms with E-state index in [9.17, 15) is 12.6 Å². The van der Waals surface area contributed by atoms with E-state index in [4.69, 9.17) is 0 Å². The first kappa shape index (κ1) is 9.28. The summed E-state index contributed by atoms with van der Waals surface area (Å²) in [5.41, 5.74) is 0. The van der Waals surface area contributed by atoms with Gasteiger partial charge in [-0.1, -0.05) is 0 Å². The third-order valence-corrected chi connectivity index (χ3v) is 2.11. The van der Waals surface area contributed by atoms with Crippen LogP contribution in [0.1, 0.15) is 0 Å². The first-order valence-electron chi connectivity index (χ1n) is 2.61. The second-order valence-electron chi connectivity index (χ2n) is 1.84. The molecule has 0 amide bonds. The summed E-state index contributed by atoms with van der Waals surface area (Å²) in [6, 6.07) is 0. The van der Waals surface area contributed by atoms with Gasteiger partial charge >= 0.3 is 8.69 Å². The standard InChI is InChI=1S/C3H6FO5PS/c1-11(5,6)9-3-2-7-10(4)8-3/h3H,2H2,1H3. The van der Waals surface area contributed by atoms with Crippen molar-refractivity contribution in [1.82, 2.24) is 0 Å². The van der Waals surface area contributed by atoms with Crippen LogP contribution >= 0.6 is 8.69 Å². The van der Waals surface area contributed by atoms with Gasteiger partial charge in [-0.2, -0.15) is 12.6 Å². The molecule has 0 aromatic carbocycles. The molecule has 2 atom stereocenters. The van der Waals surface area contributed by atoms with Crippen molar-refractivity contribution in [2.75, 3.05) is 12.9 Å². The van der Waals surface area contributed by atoms with Gasteiger partial charge in [0.2, 0.25) is 6.29 Å². The highest BCUT2D eigenvalue weighted by atomic mass is 32.2. The number of rotatable bonds is 2. The monoisotopic (exact) mass is 204 g/mol. The molecule has 5 nitrogen and oxygen atoms in total. The van der Waals surface area contributed by atoms with Crippen LogP contribution in [0.25, 0.3) is 0 Å². The minimum Gasteiger partial charge on any atom is -0.304 e. The van der Waals surface area contributed by atoms with Crippen LogP contribution in [0, 0.1) is 0 Å². The van der Waals surface area contributed by atoms with Crippen LogP contribution in [0.4, 0.5) is 4.20 Å². The van der Waals surface area contributed by atoms with Crippen molar-refractivity contribution < 1.29 is 25.8 Å². The van der Waals surface area contributed by atoms with E-state index in [1.165, 1.54) is 0 Å². The van der Waals surface area contributed by atoms with E-state index < -0.39 is 25.1 Å². The first-order chi connectivity index (χ1) is 4.97. The fourth-order valence-corrected chi connectivity index (χ4v) is 1.64. The van der Waals surface area contributed by atoms with E-state index in [0.29, 0.717) is 0 Å². The molecule has 1 heterocycles. The number of hydrogen-bond donors (Lipinski definition) is 0. The lowest BCUT2D eigenvalue weighted by Crippen LogP contribution is -2.18. The van der Waals surface area contributed by atoms with Crippen LogP contribution in [0.15, 0.2) is 0 Å². The maximum Gasteiger partial charge on any atom is 0.377 e. The largest absolute Gasteiger partial charge is 0.377 e. The van der Waals surface area contributed by atoms with Crippen LogP contribution in [-0.4, -0.2) is 27.6 Å². The topological polar surface area (TPSA) is 61.8 Å². The Kier molecular flexibility index (Phi) is 2.77. The highest BCUT2D eigenvalue weighted by Gasteiger charge is 2.30. The van der Waals surface area contributed by atoms with Crippen LogP contribution in [-0.2, 0) is 23.3 Å². The lowest BCUT2D eigenvalue weighted by molar-refractivity contribution is 0.0318. The summed E-state index contributed by atoms with van der Waals surface area (Å²) in [6.45, 7) is -0.185. The average Bonchev–Trinajstić information content (AvgIpc) is 2.10. The molecule has 0 radical (unpaired) electrons. The third-order valence-electron chi connectivity index (χ3n) is 0.795. The second-order valence-corrected chi connectivity index (χ2v) is 4.34. The van der Waals surface area contributed by atoms with Gasteiger partial charge in [0.1, 0.15) is 6.61 Å². The van der Waals surface area contributed by atoms with E-state index in [-0.39, 0.29) is 6.61 Å². The van der Waals surface area contributed by atoms with Crippen molar-refractivity contribution in [2.45, 2.75) is 6.29 Å². The Bertz CT molecular complexity index is 228. The van der Waals surface area contributed by atoms with Gasteiger partial charge in [0.15, 0.2) is 0 Å². The minimum atomic E-state index is -3.59. The van der Waals surface area contributed by atoms with Gasteiger partial charge in [-0.25, -0.2) is 4.18 Å². The average molecular weight is 204 g/mol. The van der Waals surface area contributed by atoms with Crippen molar-refractivity contribution in [3.05, 3.63) is 0 Å². The molecule has 0 N–H and O–H groups in total. The zero-order valence-corrected chi connectivity index (χ0v) is 7.27. The SMILES string of the molecule is CS(=O)(=O)OC1COP(F)O1. The number of halogens is 1. The van der Waals surface area contributed by atoms with Crippen LogP contribution < -0.4 is 0 Å². The molecule has 66 valence electrons. The van der Waals surface area contributed by atoms with Gasteiger partial charge in [0.25, 0.3) is 10.1 Å². The van der Waals surface area contributed by atoms with Crippen molar-refractivity contribution in [2.24, 2.45) is 0 Å². The van der Waals surface area contributed by atoms with Crippen molar-refractivity contribution in [3.63, 3.8) is 0 Å². The van der Waals surface area contributed by atoms with Gasteiger partial charge in [0.05, 0.1) is 6.26 Å². The first-order valence-corrected chi connectivity index (χ1v) is 5.50. The molecule has 0 aliphatic carbocycles. The smallest absolute Gasteiger partial charge is 0.304 e. The Morgan fingerprint density at radius 1 is 1.73 bits per heavy atom. The van der Waals surface area contributed by atoms with Crippen LogP contribution in [0.5, 0.6) is 0 Å². The molecule has 8 heteroatoms. The van der Waals surface area contributed by atoms with Crippen LogP contribution in [0.3, 0.4) is 0 Å². The fourth-order valence-electron chi connectivity index (χ4n) is 0.513. The molecule has 0 aromatic rings. The molecular formula is C3H6FO5PS. The highest BCUT2D eigenvalue weighted by Crippen LogP contribution is 2.46. The predicted octanol–water partition coefficient (Wildman–Crippen LogP) is 0.532. The maximum atomic E-state index is 12.1. The Morgan fingerprint density at radius 2 is 2.36 bits per heavy atom. The summed E-state index contributed by atoms with van der Waals surface area (Å²) in [6.07, 6.45) is -0.268. The van der Waals surface area contributed by atoms with E-state index in [1.807, 2.05) is 0 Å². The summed E-state index contributed by atoms with van der Waals surface area (Å²) in [4.78, 5) is 0. The molecule has 0 aromatic heterocycles. The van der Waals surface area contributed by atoms with Gasteiger partial charge in [0, 0.05) is 0 Å². The second kappa shape index (κ2) is 3.28. The molecule has 1 rings (SSSR count). The zero-order chi connectivity index (χ0) is 8.48. The molecule has 11 heavy (non-hydrogen) atoms. The zero-order valence-electron chi connectivity index (χ0n) is 5.56. The van der Waals surface area contributed by atoms with E-state index in [0.717, 1.165) is 6.26 Å². The molecule has 1 saturated heterocycles. The normalized spacial score (nSPS) is 32.5. The molecule has 0 bridgehead atoms. The van der Waals surface area contributed by atoms with Gasteiger partial charge in [-0.05, 0) is 0 Å². The molecule has 1 aliphatic rings. The fraction of sp³-hybridized carbons (Fsp3) is 1.00. The van der Waals surface area contributed by atoms with Crippen molar-refractivity contribution >= 4 is 18.8 Å². The third kappa shape index (κ3) is 3.39. The summed E-state index contributed by atoms with van der Waals surface area (Å²) < 4.78 is 45.8. The molecule has 1 fully saturated rings. The minimum absolute atomic E-state index is 0.185. The lowest BCUT2D eigenvalue weighted by Gasteiger charge is -2.04. The van der Waals surface area contributed by atoms with Gasteiger partial charge < -0.3 is 4.52 Å². The lowest BCUT2D eigenvalue weighted by atomic mass is 10.7. The summed E-state index contributed by atoms with van der Waals surface area (Å²) in [5, 5.41) is 0. The Labute approximate surface area is 64.6 Å². The van der Waals surface area contributed by atoms with Crippen LogP contribution in [0.2, 0.25) is 0 Å². The Balaban J connectivity index is 2.41. The number of hydrogen-bond acceptors (Lipinski definition) is 5. The van der Waals surface area contributed by atoms with E-state index >= 15 is 0 Å². The quantitative estimate of drug-likeness (QED) is 0.485. The Morgan fingerprint density at radius 3 is 2.73 bits per heavy atom. The van der Waals surface area contributed by atoms with Gasteiger partial charge in [-0.15, -0.1) is 0 Å². The summed E-state index contributed by atoms with van der Waals surface area (Å²) in [7, 11) is -6.04. The van der Waals surface area contributed by atoms with E-state index in [2.05, 4.69) is 13.2 Å². The molecule has 2 unspecified atom stereocenters. The van der Waals surface area contributed by atoms with Crippen molar-refractivity contribution in [1.29, 1.82) is 0 Å². The van der Waals surface area contributed by atoms with Gasteiger partial charge in [-0.3, -0.25) is 4.52 Å².